The van der Waals surface area contributed by atoms with Gasteiger partial charge in [-0.2, -0.15) is 0 Å². The third-order valence-electron chi connectivity index (χ3n) is 4.00. The number of amides is 1. The van der Waals surface area contributed by atoms with Crippen molar-refractivity contribution in [3.05, 3.63) is 63.4 Å². The molecular weight excluding hydrogens is 398 g/mol. The lowest BCUT2D eigenvalue weighted by Crippen LogP contribution is -2.28. The number of aromatic nitrogens is 2. The minimum Gasteiger partial charge on any atom is -0.392 e. The van der Waals surface area contributed by atoms with Gasteiger partial charge >= 0.3 is 0 Å². The average Bonchev–Trinajstić information content (AvgIpc) is 2.64. The van der Waals surface area contributed by atoms with E-state index in [4.69, 9.17) is 11.6 Å². The fourth-order valence-corrected chi connectivity index (χ4v) is 3.65. The molecule has 3 rings (SSSR count). The molecule has 0 aliphatic heterocycles. The molecule has 3 aromatic rings. The molecule has 2 aromatic carbocycles. The highest BCUT2D eigenvalue weighted by Crippen LogP contribution is 2.21. The number of thioether (sulfide) groups is 1. The van der Waals surface area contributed by atoms with E-state index in [2.05, 4.69) is 10.3 Å². The van der Waals surface area contributed by atoms with E-state index in [1.807, 2.05) is 31.2 Å². The number of anilines is 1. The average molecular weight is 418 g/mol. The Balaban J connectivity index is 1.84. The second-order valence-electron chi connectivity index (χ2n) is 6.52. The molecule has 1 amide bonds. The van der Waals surface area contributed by atoms with Crippen molar-refractivity contribution >= 4 is 45.9 Å². The number of aliphatic hydroxyl groups excluding tert-OH is 1. The third kappa shape index (κ3) is 4.92. The topological polar surface area (TPSA) is 84.2 Å². The lowest BCUT2D eigenvalue weighted by atomic mass is 10.2. The maximum Gasteiger partial charge on any atom is 0.262 e. The summed E-state index contributed by atoms with van der Waals surface area (Å²) in [5.41, 5.74) is 1.99. The van der Waals surface area contributed by atoms with Gasteiger partial charge in [0.05, 0.1) is 29.3 Å². The van der Waals surface area contributed by atoms with Crippen LogP contribution < -0.4 is 10.9 Å². The summed E-state index contributed by atoms with van der Waals surface area (Å²) >= 11 is 7.16. The summed E-state index contributed by atoms with van der Waals surface area (Å²) in [6.07, 6.45) is -0.731. The number of carbonyl (C=O) groups excluding carboxylic acids is 1. The van der Waals surface area contributed by atoms with Gasteiger partial charge in [-0.1, -0.05) is 41.1 Å². The van der Waals surface area contributed by atoms with Gasteiger partial charge < -0.3 is 10.4 Å². The standard InChI is InChI=1S/C20H20ClN3O3S/c1-12-3-6-15(7-4-12)22-18(26)11-28-20-23-17-9-14(21)5-8-16(17)19(27)24(20)10-13(2)25/h3-9,13,25H,10-11H2,1-2H3,(H,22,26)/t13-/m1/s1. The van der Waals surface area contributed by atoms with Gasteiger partial charge in [-0.3, -0.25) is 14.2 Å². The van der Waals surface area contributed by atoms with Crippen LogP contribution in [0.4, 0.5) is 5.69 Å². The summed E-state index contributed by atoms with van der Waals surface area (Å²) < 4.78 is 1.39. The van der Waals surface area contributed by atoms with E-state index in [1.54, 1.807) is 25.1 Å². The number of hydrogen-bond acceptors (Lipinski definition) is 5. The molecule has 0 saturated carbocycles. The van der Waals surface area contributed by atoms with Crippen molar-refractivity contribution in [1.82, 2.24) is 9.55 Å². The van der Waals surface area contributed by atoms with Crippen LogP contribution in [0, 0.1) is 6.92 Å². The number of halogens is 1. The van der Waals surface area contributed by atoms with Crippen LogP contribution in [0.1, 0.15) is 12.5 Å². The quantitative estimate of drug-likeness (QED) is 0.474. The van der Waals surface area contributed by atoms with Crippen molar-refractivity contribution in [2.75, 3.05) is 11.1 Å². The lowest BCUT2D eigenvalue weighted by molar-refractivity contribution is -0.113. The maximum atomic E-state index is 12.8. The van der Waals surface area contributed by atoms with E-state index in [9.17, 15) is 14.7 Å². The van der Waals surface area contributed by atoms with Gasteiger partial charge in [0.2, 0.25) is 5.91 Å². The molecule has 0 aliphatic rings. The van der Waals surface area contributed by atoms with Crippen LogP contribution in [0.15, 0.2) is 52.4 Å². The first-order valence-corrected chi connectivity index (χ1v) is 10.1. The van der Waals surface area contributed by atoms with Gasteiger partial charge in [0, 0.05) is 10.7 Å². The highest BCUT2D eigenvalue weighted by molar-refractivity contribution is 7.99. The summed E-state index contributed by atoms with van der Waals surface area (Å²) in [6.45, 7) is 3.66. The molecule has 0 aliphatic carbocycles. The van der Waals surface area contributed by atoms with Gasteiger partial charge in [0.25, 0.3) is 5.56 Å². The van der Waals surface area contributed by atoms with Crippen LogP contribution in [0.3, 0.4) is 0 Å². The number of hydrogen-bond donors (Lipinski definition) is 2. The molecule has 1 atom stereocenters. The molecule has 0 spiro atoms. The Hall–Kier alpha value is -2.35. The van der Waals surface area contributed by atoms with Crippen molar-refractivity contribution in [2.24, 2.45) is 0 Å². The first-order chi connectivity index (χ1) is 13.3. The minimum absolute atomic E-state index is 0.0756. The number of aryl methyl sites for hydroxylation is 1. The van der Waals surface area contributed by atoms with E-state index < -0.39 is 6.10 Å². The summed E-state index contributed by atoms with van der Waals surface area (Å²) in [5, 5.41) is 13.8. The molecule has 1 aromatic heterocycles. The van der Waals surface area contributed by atoms with Gasteiger partial charge in [-0.05, 0) is 44.2 Å². The molecule has 8 heteroatoms. The maximum absolute atomic E-state index is 12.8. The fourth-order valence-electron chi connectivity index (χ4n) is 2.67. The summed E-state index contributed by atoms with van der Waals surface area (Å²) in [4.78, 5) is 29.6. The van der Waals surface area contributed by atoms with E-state index in [0.29, 0.717) is 26.8 Å². The zero-order chi connectivity index (χ0) is 20.3. The number of nitrogens with one attached hydrogen (secondary N) is 1. The van der Waals surface area contributed by atoms with Crippen LogP contribution in [0.5, 0.6) is 0 Å². The number of benzene rings is 2. The number of fused-ring (bicyclic) bond motifs is 1. The molecular formula is C20H20ClN3O3S. The molecule has 0 bridgehead atoms. The minimum atomic E-state index is -0.731. The second kappa shape index (κ2) is 8.77. The molecule has 0 saturated heterocycles. The van der Waals surface area contributed by atoms with Gasteiger partial charge in [-0.15, -0.1) is 0 Å². The molecule has 0 fully saturated rings. The largest absolute Gasteiger partial charge is 0.392 e. The van der Waals surface area contributed by atoms with Crippen LogP contribution >= 0.6 is 23.4 Å². The predicted octanol–water partition coefficient (Wildman–Crippen LogP) is 3.47. The van der Waals surface area contributed by atoms with Crippen molar-refractivity contribution in [1.29, 1.82) is 0 Å². The first-order valence-electron chi connectivity index (χ1n) is 8.71. The zero-order valence-corrected chi connectivity index (χ0v) is 17.0. The van der Waals surface area contributed by atoms with E-state index >= 15 is 0 Å². The van der Waals surface area contributed by atoms with Crippen LogP contribution in [-0.4, -0.2) is 32.4 Å². The second-order valence-corrected chi connectivity index (χ2v) is 7.90. The molecule has 2 N–H and O–H groups in total. The third-order valence-corrected chi connectivity index (χ3v) is 5.21. The monoisotopic (exact) mass is 417 g/mol. The SMILES string of the molecule is Cc1ccc(NC(=O)CSc2nc3cc(Cl)ccc3c(=O)n2C[C@@H](C)O)cc1. The van der Waals surface area contributed by atoms with E-state index in [1.165, 1.54) is 4.57 Å². The Kier molecular flexibility index (Phi) is 6.39. The van der Waals surface area contributed by atoms with Crippen molar-refractivity contribution in [2.45, 2.75) is 31.7 Å². The number of nitrogens with zero attached hydrogens (tertiary/aromatic N) is 2. The smallest absolute Gasteiger partial charge is 0.262 e. The number of aliphatic hydroxyl groups is 1. The lowest BCUT2D eigenvalue weighted by Gasteiger charge is -2.14. The normalized spacial score (nSPS) is 12.1. The number of rotatable bonds is 6. The van der Waals surface area contributed by atoms with Gasteiger partial charge in [0.15, 0.2) is 5.16 Å². The molecule has 6 nitrogen and oxygen atoms in total. The van der Waals surface area contributed by atoms with Crippen LogP contribution in [0.25, 0.3) is 10.9 Å². The summed E-state index contributed by atoms with van der Waals surface area (Å²) in [6, 6.07) is 12.3. The molecule has 28 heavy (non-hydrogen) atoms. The Labute approximate surface area is 171 Å². The Bertz CT molecular complexity index is 1060. The van der Waals surface area contributed by atoms with Crippen LogP contribution in [0.2, 0.25) is 5.02 Å². The van der Waals surface area contributed by atoms with Crippen molar-refractivity contribution in [3.8, 4) is 0 Å². The summed E-state index contributed by atoms with van der Waals surface area (Å²) in [7, 11) is 0. The van der Waals surface area contributed by atoms with E-state index in [0.717, 1.165) is 17.3 Å². The predicted molar refractivity (Wildman–Crippen MR) is 113 cm³/mol. The fraction of sp³-hybridized carbons (Fsp3) is 0.250. The highest BCUT2D eigenvalue weighted by atomic mass is 35.5. The Morgan fingerprint density at radius 3 is 2.68 bits per heavy atom. The highest BCUT2D eigenvalue weighted by Gasteiger charge is 2.15. The van der Waals surface area contributed by atoms with Gasteiger partial charge in [-0.25, -0.2) is 4.98 Å². The summed E-state index contributed by atoms with van der Waals surface area (Å²) in [5.74, 6) is -0.135. The molecule has 0 radical (unpaired) electrons. The first kappa shape index (κ1) is 20.4. The zero-order valence-electron chi connectivity index (χ0n) is 15.5. The Morgan fingerprint density at radius 1 is 1.29 bits per heavy atom. The van der Waals surface area contributed by atoms with Crippen molar-refractivity contribution in [3.63, 3.8) is 0 Å². The van der Waals surface area contributed by atoms with Gasteiger partial charge in [0.1, 0.15) is 0 Å². The van der Waals surface area contributed by atoms with Crippen LogP contribution in [-0.2, 0) is 11.3 Å². The van der Waals surface area contributed by atoms with Crippen molar-refractivity contribution < 1.29 is 9.90 Å². The Morgan fingerprint density at radius 2 is 2.00 bits per heavy atom. The number of carbonyl (C=O) groups is 1. The van der Waals surface area contributed by atoms with E-state index in [-0.39, 0.29) is 23.8 Å². The molecule has 146 valence electrons. The molecule has 1 heterocycles. The molecule has 0 unspecified atom stereocenters.